The molecule has 0 radical (unpaired) electrons. The van der Waals surface area contributed by atoms with Gasteiger partial charge in [0.1, 0.15) is 0 Å². The predicted octanol–water partition coefficient (Wildman–Crippen LogP) is 2.02. The standard InChI is InChI=1S/C14H17NO2S/c16-13-7-6-12(14(17)15-13)10-18-9-8-11-4-2-1-3-5-11/h1-5,12H,6-10H2,(H,15,16,17). The molecule has 0 aliphatic carbocycles. The van der Waals surface area contributed by atoms with Crippen LogP contribution in [0.3, 0.4) is 0 Å². The summed E-state index contributed by atoms with van der Waals surface area (Å²) >= 11 is 1.79. The fourth-order valence-electron chi connectivity index (χ4n) is 1.96. The zero-order chi connectivity index (χ0) is 12.8. The number of amides is 2. The Bertz CT molecular complexity index is 419. The van der Waals surface area contributed by atoms with Crippen molar-refractivity contribution in [3.63, 3.8) is 0 Å². The lowest BCUT2D eigenvalue weighted by Crippen LogP contribution is -2.41. The topological polar surface area (TPSA) is 46.2 Å². The summed E-state index contributed by atoms with van der Waals surface area (Å²) in [6.07, 6.45) is 2.21. The zero-order valence-electron chi connectivity index (χ0n) is 10.2. The molecule has 1 unspecified atom stereocenters. The van der Waals surface area contributed by atoms with Gasteiger partial charge >= 0.3 is 0 Å². The molecule has 0 aromatic heterocycles. The Kier molecular flexibility index (Phi) is 4.81. The molecule has 1 N–H and O–H groups in total. The summed E-state index contributed by atoms with van der Waals surface area (Å²) < 4.78 is 0. The van der Waals surface area contributed by atoms with Crippen LogP contribution in [0.1, 0.15) is 18.4 Å². The smallest absolute Gasteiger partial charge is 0.230 e. The highest BCUT2D eigenvalue weighted by molar-refractivity contribution is 7.99. The van der Waals surface area contributed by atoms with Crippen LogP contribution in [0.4, 0.5) is 0 Å². The molecule has 18 heavy (non-hydrogen) atoms. The summed E-state index contributed by atoms with van der Waals surface area (Å²) in [5.41, 5.74) is 1.33. The van der Waals surface area contributed by atoms with Crippen molar-refractivity contribution in [2.45, 2.75) is 19.3 Å². The van der Waals surface area contributed by atoms with E-state index in [2.05, 4.69) is 17.4 Å². The average Bonchev–Trinajstić information content (AvgIpc) is 2.38. The number of benzene rings is 1. The van der Waals surface area contributed by atoms with Crippen LogP contribution in [0.5, 0.6) is 0 Å². The van der Waals surface area contributed by atoms with Crippen molar-refractivity contribution in [1.82, 2.24) is 5.32 Å². The lowest BCUT2D eigenvalue weighted by Gasteiger charge is -2.20. The molecule has 1 atom stereocenters. The molecule has 1 aliphatic rings. The minimum absolute atomic E-state index is 0.00322. The van der Waals surface area contributed by atoms with Crippen LogP contribution in [-0.4, -0.2) is 23.3 Å². The van der Waals surface area contributed by atoms with Crippen LogP contribution in [-0.2, 0) is 16.0 Å². The van der Waals surface area contributed by atoms with Crippen molar-refractivity contribution in [3.8, 4) is 0 Å². The molecule has 0 saturated carbocycles. The Morgan fingerprint density at radius 3 is 2.72 bits per heavy atom. The minimum Gasteiger partial charge on any atom is -0.296 e. The van der Waals surface area contributed by atoms with Crippen molar-refractivity contribution in [2.24, 2.45) is 5.92 Å². The third-order valence-corrected chi connectivity index (χ3v) is 4.18. The highest BCUT2D eigenvalue weighted by atomic mass is 32.2. The maximum Gasteiger partial charge on any atom is 0.230 e. The lowest BCUT2D eigenvalue weighted by molar-refractivity contribution is -0.135. The first-order valence-corrected chi connectivity index (χ1v) is 7.36. The van der Waals surface area contributed by atoms with Crippen molar-refractivity contribution < 1.29 is 9.59 Å². The van der Waals surface area contributed by atoms with Gasteiger partial charge in [0.05, 0.1) is 0 Å². The molecule has 1 fully saturated rings. The van der Waals surface area contributed by atoms with Crippen LogP contribution in [0.2, 0.25) is 0 Å². The third-order valence-electron chi connectivity index (χ3n) is 3.05. The maximum absolute atomic E-state index is 11.5. The number of carbonyl (C=O) groups excluding carboxylic acids is 2. The van der Waals surface area contributed by atoms with Gasteiger partial charge in [-0.2, -0.15) is 11.8 Å². The number of hydrogen-bond donors (Lipinski definition) is 1. The van der Waals surface area contributed by atoms with E-state index < -0.39 is 0 Å². The second kappa shape index (κ2) is 6.59. The Balaban J connectivity index is 1.67. The number of piperidine rings is 1. The summed E-state index contributed by atoms with van der Waals surface area (Å²) in [4.78, 5) is 22.5. The summed E-state index contributed by atoms with van der Waals surface area (Å²) in [5.74, 6) is 1.60. The van der Waals surface area contributed by atoms with Gasteiger partial charge in [0.2, 0.25) is 11.8 Å². The first-order valence-electron chi connectivity index (χ1n) is 6.21. The first-order chi connectivity index (χ1) is 8.75. The van der Waals surface area contributed by atoms with Crippen molar-refractivity contribution in [3.05, 3.63) is 35.9 Å². The van der Waals surface area contributed by atoms with Crippen molar-refractivity contribution in [2.75, 3.05) is 11.5 Å². The maximum atomic E-state index is 11.5. The minimum atomic E-state index is -0.134. The number of carbonyl (C=O) groups is 2. The van der Waals surface area contributed by atoms with Gasteiger partial charge in [-0.15, -0.1) is 0 Å². The molecule has 2 rings (SSSR count). The number of hydrogen-bond acceptors (Lipinski definition) is 3. The number of nitrogens with one attached hydrogen (secondary N) is 1. The summed E-state index contributed by atoms with van der Waals surface area (Å²) in [7, 11) is 0. The molecule has 1 saturated heterocycles. The fraction of sp³-hybridized carbons (Fsp3) is 0.429. The first kappa shape index (κ1) is 13.1. The van der Waals surface area contributed by atoms with Gasteiger partial charge in [0.25, 0.3) is 0 Å². The van der Waals surface area contributed by atoms with Gasteiger partial charge in [-0.3, -0.25) is 14.9 Å². The summed E-state index contributed by atoms with van der Waals surface area (Å²) in [6, 6.07) is 10.3. The molecule has 1 aromatic rings. The van der Waals surface area contributed by atoms with E-state index in [4.69, 9.17) is 0 Å². The molecular weight excluding hydrogens is 246 g/mol. The molecule has 0 spiro atoms. The molecule has 1 aliphatic heterocycles. The molecule has 2 amide bonds. The number of thioether (sulfide) groups is 1. The number of aryl methyl sites for hydroxylation is 1. The average molecular weight is 263 g/mol. The van der Waals surface area contributed by atoms with Crippen LogP contribution >= 0.6 is 11.8 Å². The molecule has 1 aromatic carbocycles. The van der Waals surface area contributed by atoms with Gasteiger partial charge in [-0.25, -0.2) is 0 Å². The van der Waals surface area contributed by atoms with E-state index in [-0.39, 0.29) is 17.7 Å². The van der Waals surface area contributed by atoms with Crippen LogP contribution in [0.25, 0.3) is 0 Å². The molecule has 4 heteroatoms. The van der Waals surface area contributed by atoms with Gasteiger partial charge in [-0.05, 0) is 24.2 Å². The van der Waals surface area contributed by atoms with Crippen molar-refractivity contribution >= 4 is 23.6 Å². The molecule has 1 heterocycles. The largest absolute Gasteiger partial charge is 0.296 e. The monoisotopic (exact) mass is 263 g/mol. The highest BCUT2D eigenvalue weighted by Crippen LogP contribution is 2.18. The van der Waals surface area contributed by atoms with Gasteiger partial charge in [0, 0.05) is 18.1 Å². The van der Waals surface area contributed by atoms with Crippen LogP contribution in [0.15, 0.2) is 30.3 Å². The van der Waals surface area contributed by atoms with Crippen molar-refractivity contribution in [1.29, 1.82) is 0 Å². The fourth-order valence-corrected chi connectivity index (χ4v) is 3.11. The highest BCUT2D eigenvalue weighted by Gasteiger charge is 2.25. The van der Waals surface area contributed by atoms with Crippen LogP contribution in [0, 0.1) is 5.92 Å². The quantitative estimate of drug-likeness (QED) is 0.653. The summed E-state index contributed by atoms with van der Waals surface area (Å²) in [5, 5.41) is 2.40. The van der Waals surface area contributed by atoms with E-state index in [0.29, 0.717) is 12.8 Å². The normalized spacial score (nSPS) is 19.7. The lowest BCUT2D eigenvalue weighted by atomic mass is 10.0. The van der Waals surface area contributed by atoms with Gasteiger partial charge in [0.15, 0.2) is 0 Å². The molecule has 96 valence electrons. The van der Waals surface area contributed by atoms with Gasteiger partial charge in [-0.1, -0.05) is 30.3 Å². The van der Waals surface area contributed by atoms with E-state index in [1.807, 2.05) is 18.2 Å². The van der Waals surface area contributed by atoms with E-state index in [0.717, 1.165) is 17.9 Å². The second-order valence-corrected chi connectivity index (χ2v) is 5.61. The predicted molar refractivity (Wildman–Crippen MR) is 73.3 cm³/mol. The van der Waals surface area contributed by atoms with Gasteiger partial charge < -0.3 is 0 Å². The zero-order valence-corrected chi connectivity index (χ0v) is 11.0. The SMILES string of the molecule is O=C1CCC(CSCCc2ccccc2)C(=O)N1. The van der Waals surface area contributed by atoms with E-state index >= 15 is 0 Å². The third kappa shape index (κ3) is 3.88. The van der Waals surface area contributed by atoms with Crippen LogP contribution < -0.4 is 5.32 Å². The Hall–Kier alpha value is -1.29. The number of rotatable bonds is 5. The Labute approximate surface area is 111 Å². The number of imide groups is 1. The molecule has 3 nitrogen and oxygen atoms in total. The molecule has 0 bridgehead atoms. The Morgan fingerprint density at radius 1 is 1.22 bits per heavy atom. The second-order valence-electron chi connectivity index (χ2n) is 4.46. The molecular formula is C14H17NO2S. The van der Waals surface area contributed by atoms with E-state index in [1.165, 1.54) is 5.56 Å². The Morgan fingerprint density at radius 2 is 2.00 bits per heavy atom. The summed E-state index contributed by atoms with van der Waals surface area (Å²) in [6.45, 7) is 0. The van der Waals surface area contributed by atoms with E-state index in [9.17, 15) is 9.59 Å². The van der Waals surface area contributed by atoms with E-state index in [1.54, 1.807) is 11.8 Å².